The predicted molar refractivity (Wildman–Crippen MR) is 67.8 cm³/mol. The number of pyridine rings is 1. The zero-order valence-electron chi connectivity index (χ0n) is 10.6. The number of aromatic nitrogens is 1. The average molecular weight is 232 g/mol. The lowest BCUT2D eigenvalue weighted by molar-refractivity contribution is 0.233. The molecule has 1 rings (SSSR count). The Labute approximate surface area is 103 Å². The van der Waals surface area contributed by atoms with Gasteiger partial charge in [-0.15, -0.1) is 0 Å². The van der Waals surface area contributed by atoms with Gasteiger partial charge >= 0.3 is 0 Å². The summed E-state index contributed by atoms with van der Waals surface area (Å²) in [5.74, 6) is 1.35. The molecule has 0 aromatic carbocycles. The van der Waals surface area contributed by atoms with E-state index in [0.717, 1.165) is 18.8 Å². The normalized spacial score (nSPS) is 11.8. The minimum atomic E-state index is 0.407. The van der Waals surface area contributed by atoms with Gasteiger partial charge in [0.1, 0.15) is 17.5 Å². The highest BCUT2D eigenvalue weighted by Crippen LogP contribution is 2.16. The van der Waals surface area contributed by atoms with E-state index in [0.29, 0.717) is 11.6 Å². The summed E-state index contributed by atoms with van der Waals surface area (Å²) in [7, 11) is 0. The molecule has 1 atom stereocenters. The maximum Gasteiger partial charge on any atom is 0.144 e. The zero-order valence-corrected chi connectivity index (χ0v) is 10.6. The highest BCUT2D eigenvalue weighted by Gasteiger charge is 2.07. The SMILES string of the molecule is CCCCC(CC)COc1ccnc(C#N)c1. The molecule has 17 heavy (non-hydrogen) atoms. The summed E-state index contributed by atoms with van der Waals surface area (Å²) >= 11 is 0. The van der Waals surface area contributed by atoms with Gasteiger partial charge in [0.15, 0.2) is 0 Å². The van der Waals surface area contributed by atoms with Gasteiger partial charge in [0.25, 0.3) is 0 Å². The molecule has 0 bridgehead atoms. The van der Waals surface area contributed by atoms with Crippen LogP contribution in [-0.2, 0) is 0 Å². The van der Waals surface area contributed by atoms with Gasteiger partial charge in [-0.05, 0) is 18.4 Å². The molecule has 1 aromatic rings. The van der Waals surface area contributed by atoms with E-state index in [1.165, 1.54) is 19.3 Å². The molecule has 0 amide bonds. The second kappa shape index (κ2) is 7.67. The van der Waals surface area contributed by atoms with E-state index in [2.05, 4.69) is 18.8 Å². The standard InChI is InChI=1S/C14H20N2O/c1-3-5-6-12(4-2)11-17-14-7-8-16-13(9-14)10-15/h7-9,12H,3-6,11H2,1-2H3. The third-order valence-corrected chi connectivity index (χ3v) is 2.87. The van der Waals surface area contributed by atoms with Crippen molar-refractivity contribution in [1.82, 2.24) is 4.98 Å². The lowest BCUT2D eigenvalue weighted by atomic mass is 10.0. The number of hydrogen-bond acceptors (Lipinski definition) is 3. The number of rotatable bonds is 7. The average Bonchev–Trinajstić information content (AvgIpc) is 2.39. The van der Waals surface area contributed by atoms with Crippen LogP contribution >= 0.6 is 0 Å². The topological polar surface area (TPSA) is 45.9 Å². The molecule has 0 saturated carbocycles. The quantitative estimate of drug-likeness (QED) is 0.722. The van der Waals surface area contributed by atoms with E-state index in [-0.39, 0.29) is 0 Å². The van der Waals surface area contributed by atoms with Gasteiger partial charge in [0.05, 0.1) is 6.61 Å². The van der Waals surface area contributed by atoms with Crippen molar-refractivity contribution in [3.63, 3.8) is 0 Å². The Morgan fingerprint density at radius 1 is 1.47 bits per heavy atom. The van der Waals surface area contributed by atoms with E-state index in [4.69, 9.17) is 10.00 Å². The van der Waals surface area contributed by atoms with Gasteiger partial charge in [-0.2, -0.15) is 5.26 Å². The van der Waals surface area contributed by atoms with Crippen LogP contribution in [0.15, 0.2) is 18.3 Å². The van der Waals surface area contributed by atoms with E-state index >= 15 is 0 Å². The monoisotopic (exact) mass is 232 g/mol. The van der Waals surface area contributed by atoms with E-state index < -0.39 is 0 Å². The van der Waals surface area contributed by atoms with Crippen LogP contribution in [0.2, 0.25) is 0 Å². The first-order valence-corrected chi connectivity index (χ1v) is 6.29. The number of ether oxygens (including phenoxy) is 1. The van der Waals surface area contributed by atoms with Crippen molar-refractivity contribution < 1.29 is 4.74 Å². The molecule has 1 aromatic heterocycles. The van der Waals surface area contributed by atoms with Crippen molar-refractivity contribution in [2.75, 3.05) is 6.61 Å². The summed E-state index contributed by atoms with van der Waals surface area (Å²) in [6.07, 6.45) is 6.44. The van der Waals surface area contributed by atoms with Crippen molar-refractivity contribution in [3.8, 4) is 11.8 Å². The first kappa shape index (κ1) is 13.5. The van der Waals surface area contributed by atoms with E-state index in [1.807, 2.05) is 6.07 Å². The lowest BCUT2D eigenvalue weighted by Crippen LogP contribution is -2.11. The second-order valence-electron chi connectivity index (χ2n) is 4.22. The second-order valence-corrected chi connectivity index (χ2v) is 4.22. The summed E-state index contributed by atoms with van der Waals surface area (Å²) in [5, 5.41) is 8.73. The summed E-state index contributed by atoms with van der Waals surface area (Å²) in [5.41, 5.74) is 0.407. The Morgan fingerprint density at radius 2 is 2.29 bits per heavy atom. The van der Waals surface area contributed by atoms with Crippen LogP contribution in [0.25, 0.3) is 0 Å². The van der Waals surface area contributed by atoms with Crippen LogP contribution in [0, 0.1) is 17.2 Å². The molecule has 0 spiro atoms. The zero-order chi connectivity index (χ0) is 12.5. The molecule has 0 aliphatic rings. The summed E-state index contributed by atoms with van der Waals surface area (Å²) in [4.78, 5) is 3.91. The third kappa shape index (κ3) is 4.86. The van der Waals surface area contributed by atoms with Crippen LogP contribution in [0.4, 0.5) is 0 Å². The largest absolute Gasteiger partial charge is 0.493 e. The number of nitrogens with zero attached hydrogens (tertiary/aromatic N) is 2. The maximum atomic E-state index is 8.73. The summed E-state index contributed by atoms with van der Waals surface area (Å²) < 4.78 is 5.71. The Bertz CT molecular complexity index is 371. The van der Waals surface area contributed by atoms with Crippen LogP contribution < -0.4 is 4.74 Å². The molecule has 0 fully saturated rings. The fourth-order valence-electron chi connectivity index (χ4n) is 1.67. The van der Waals surface area contributed by atoms with Crippen molar-refractivity contribution in [2.45, 2.75) is 39.5 Å². The molecule has 0 aliphatic carbocycles. The molecule has 92 valence electrons. The van der Waals surface area contributed by atoms with Crippen LogP contribution in [0.5, 0.6) is 5.75 Å². The van der Waals surface area contributed by atoms with Crippen molar-refractivity contribution in [1.29, 1.82) is 5.26 Å². The summed E-state index contributed by atoms with van der Waals surface area (Å²) in [6.45, 7) is 5.12. The minimum absolute atomic E-state index is 0.407. The molecule has 0 aliphatic heterocycles. The van der Waals surface area contributed by atoms with Crippen LogP contribution in [0.1, 0.15) is 45.2 Å². The molecule has 3 nitrogen and oxygen atoms in total. The van der Waals surface area contributed by atoms with Crippen molar-refractivity contribution >= 4 is 0 Å². The molecule has 0 N–H and O–H groups in total. The lowest BCUT2D eigenvalue weighted by Gasteiger charge is -2.15. The Hall–Kier alpha value is -1.56. The molecular weight excluding hydrogens is 212 g/mol. The van der Waals surface area contributed by atoms with Crippen molar-refractivity contribution in [2.24, 2.45) is 5.92 Å². The summed E-state index contributed by atoms with van der Waals surface area (Å²) in [6, 6.07) is 5.50. The molecule has 0 saturated heterocycles. The van der Waals surface area contributed by atoms with Gasteiger partial charge in [-0.1, -0.05) is 33.1 Å². The Morgan fingerprint density at radius 3 is 2.94 bits per heavy atom. The smallest absolute Gasteiger partial charge is 0.144 e. The molecule has 1 unspecified atom stereocenters. The first-order valence-electron chi connectivity index (χ1n) is 6.29. The van der Waals surface area contributed by atoms with Gasteiger partial charge in [0.2, 0.25) is 0 Å². The fraction of sp³-hybridized carbons (Fsp3) is 0.571. The van der Waals surface area contributed by atoms with Gasteiger partial charge in [-0.3, -0.25) is 0 Å². The molecule has 1 heterocycles. The number of hydrogen-bond donors (Lipinski definition) is 0. The Kier molecular flexibility index (Phi) is 6.09. The van der Waals surface area contributed by atoms with E-state index in [9.17, 15) is 0 Å². The van der Waals surface area contributed by atoms with Crippen molar-refractivity contribution in [3.05, 3.63) is 24.0 Å². The minimum Gasteiger partial charge on any atom is -0.493 e. The van der Waals surface area contributed by atoms with Crippen LogP contribution in [0.3, 0.4) is 0 Å². The highest BCUT2D eigenvalue weighted by atomic mass is 16.5. The highest BCUT2D eigenvalue weighted by molar-refractivity contribution is 5.29. The maximum absolute atomic E-state index is 8.73. The van der Waals surface area contributed by atoms with Gasteiger partial charge in [0, 0.05) is 12.3 Å². The predicted octanol–water partition coefficient (Wildman–Crippen LogP) is 3.55. The fourth-order valence-corrected chi connectivity index (χ4v) is 1.67. The van der Waals surface area contributed by atoms with Gasteiger partial charge in [-0.25, -0.2) is 4.98 Å². The van der Waals surface area contributed by atoms with Crippen LogP contribution in [-0.4, -0.2) is 11.6 Å². The number of nitriles is 1. The molecule has 0 radical (unpaired) electrons. The van der Waals surface area contributed by atoms with E-state index in [1.54, 1.807) is 18.3 Å². The molecular formula is C14H20N2O. The first-order chi connectivity index (χ1) is 8.30. The Balaban J connectivity index is 2.45. The third-order valence-electron chi connectivity index (χ3n) is 2.87. The molecule has 3 heteroatoms. The number of unbranched alkanes of at least 4 members (excludes halogenated alkanes) is 1. The van der Waals surface area contributed by atoms with Gasteiger partial charge < -0.3 is 4.74 Å².